The van der Waals surface area contributed by atoms with E-state index in [2.05, 4.69) is 0 Å². The van der Waals surface area contributed by atoms with Crippen molar-refractivity contribution in [1.29, 1.82) is 0 Å². The molecule has 3 aromatic rings. The summed E-state index contributed by atoms with van der Waals surface area (Å²) in [6, 6.07) is 17.7. The molecule has 3 aromatic carbocycles. The largest absolute Gasteiger partial charge is 0.507 e. The molecule has 30 heavy (non-hydrogen) atoms. The average Bonchev–Trinajstić information content (AvgIpc) is 3.19. The molecule has 152 valence electrons. The Balaban J connectivity index is 1.62. The van der Waals surface area contributed by atoms with Crippen LogP contribution in [0.4, 0.5) is 0 Å². The molecule has 0 aliphatic carbocycles. The van der Waals surface area contributed by atoms with Crippen molar-refractivity contribution < 1.29 is 19.7 Å². The first-order valence-electron chi connectivity index (χ1n) is 9.52. The molecule has 7 heteroatoms. The van der Waals surface area contributed by atoms with Gasteiger partial charge in [-0.05, 0) is 48.5 Å². The Morgan fingerprint density at radius 2 is 1.90 bits per heavy atom. The Kier molecular flexibility index (Phi) is 4.44. The van der Waals surface area contributed by atoms with E-state index in [1.165, 1.54) is 7.11 Å². The van der Waals surface area contributed by atoms with Gasteiger partial charge in [0.05, 0.1) is 18.9 Å². The number of benzene rings is 3. The van der Waals surface area contributed by atoms with E-state index in [-0.39, 0.29) is 17.5 Å². The molecular formula is C23H19ClN2O4. The molecular weight excluding hydrogens is 404 g/mol. The monoisotopic (exact) mass is 422 g/mol. The fourth-order valence-electron chi connectivity index (χ4n) is 4.02. The van der Waals surface area contributed by atoms with E-state index >= 15 is 0 Å². The van der Waals surface area contributed by atoms with Crippen LogP contribution in [0, 0.1) is 0 Å². The summed E-state index contributed by atoms with van der Waals surface area (Å²) in [5, 5.41) is 27.9. The van der Waals surface area contributed by atoms with Gasteiger partial charge in [-0.15, -0.1) is 0 Å². The number of hydrazone groups is 1. The Morgan fingerprint density at radius 3 is 2.67 bits per heavy atom. The molecule has 5 rings (SSSR count). The third kappa shape index (κ3) is 3.00. The smallest absolute Gasteiger partial charge is 0.214 e. The highest BCUT2D eigenvalue weighted by Crippen LogP contribution is 2.49. The molecule has 0 bridgehead atoms. The van der Waals surface area contributed by atoms with E-state index in [9.17, 15) is 10.2 Å². The number of para-hydroxylation sites is 1. The van der Waals surface area contributed by atoms with Gasteiger partial charge in [-0.2, -0.15) is 5.10 Å². The third-order valence-electron chi connectivity index (χ3n) is 5.45. The van der Waals surface area contributed by atoms with Crippen molar-refractivity contribution in [2.45, 2.75) is 18.7 Å². The van der Waals surface area contributed by atoms with Crippen molar-refractivity contribution in [2.24, 2.45) is 5.10 Å². The summed E-state index contributed by atoms with van der Waals surface area (Å²) < 4.78 is 11.4. The van der Waals surface area contributed by atoms with Crippen molar-refractivity contribution in [1.82, 2.24) is 5.01 Å². The number of nitrogens with zero attached hydrogens (tertiary/aromatic N) is 2. The Hall–Kier alpha value is -3.38. The van der Waals surface area contributed by atoms with Crippen molar-refractivity contribution >= 4 is 17.3 Å². The fourth-order valence-corrected chi connectivity index (χ4v) is 4.20. The first-order valence-corrected chi connectivity index (χ1v) is 9.90. The molecule has 2 aliphatic heterocycles. The summed E-state index contributed by atoms with van der Waals surface area (Å²) >= 11 is 6.25. The molecule has 0 radical (unpaired) electrons. The summed E-state index contributed by atoms with van der Waals surface area (Å²) in [6.07, 6.45) is 0.0382. The maximum atomic E-state index is 10.3. The molecule has 0 saturated heterocycles. The number of hydrogen-bond acceptors (Lipinski definition) is 6. The number of phenolic OH excluding ortho intramolecular Hbond substituents is 2. The second-order valence-electron chi connectivity index (χ2n) is 7.25. The van der Waals surface area contributed by atoms with Crippen LogP contribution in [0.15, 0.2) is 65.8 Å². The predicted molar refractivity (Wildman–Crippen MR) is 113 cm³/mol. The van der Waals surface area contributed by atoms with Crippen LogP contribution in [-0.2, 0) is 0 Å². The number of hydrogen-bond donors (Lipinski definition) is 2. The standard InChI is InChI=1S/C23H19ClN2O4/c1-29-22-8-6-13(10-20(22)28)23-26-18(16-11-14(24)7-9-21(16)30-23)12-17(25-26)15-4-2-3-5-19(15)27/h2-11,18,23,27-28H,12H2,1H3/t18-,23-/m0/s1. The van der Waals surface area contributed by atoms with Crippen molar-refractivity contribution in [3.63, 3.8) is 0 Å². The van der Waals surface area contributed by atoms with Gasteiger partial charge in [-0.25, -0.2) is 5.01 Å². The van der Waals surface area contributed by atoms with E-state index in [0.717, 1.165) is 22.6 Å². The van der Waals surface area contributed by atoms with Crippen LogP contribution >= 0.6 is 11.6 Å². The Morgan fingerprint density at radius 1 is 1.07 bits per heavy atom. The average molecular weight is 423 g/mol. The predicted octanol–water partition coefficient (Wildman–Crippen LogP) is 5.00. The molecule has 0 saturated carbocycles. The van der Waals surface area contributed by atoms with Gasteiger partial charge in [-0.1, -0.05) is 23.7 Å². The summed E-state index contributed by atoms with van der Waals surface area (Å²) in [4.78, 5) is 0. The molecule has 0 aromatic heterocycles. The van der Waals surface area contributed by atoms with Crippen LogP contribution in [0.2, 0.25) is 5.02 Å². The maximum absolute atomic E-state index is 10.3. The molecule has 6 nitrogen and oxygen atoms in total. The highest BCUT2D eigenvalue weighted by Gasteiger charge is 2.41. The summed E-state index contributed by atoms with van der Waals surface area (Å²) in [7, 11) is 1.51. The van der Waals surface area contributed by atoms with Gasteiger partial charge in [-0.3, -0.25) is 0 Å². The number of phenols is 2. The van der Waals surface area contributed by atoms with Gasteiger partial charge < -0.3 is 19.7 Å². The molecule has 0 unspecified atom stereocenters. The van der Waals surface area contributed by atoms with Gasteiger partial charge in [0, 0.05) is 28.1 Å². The Labute approximate surface area is 178 Å². The molecule has 2 heterocycles. The molecule has 2 N–H and O–H groups in total. The quantitative estimate of drug-likeness (QED) is 0.621. The number of ether oxygens (including phenoxy) is 2. The minimum absolute atomic E-state index is 0.0288. The lowest BCUT2D eigenvalue weighted by atomic mass is 9.95. The number of methoxy groups -OCH3 is 1. The second kappa shape index (κ2) is 7.15. The lowest BCUT2D eigenvalue weighted by molar-refractivity contribution is -0.0191. The van der Waals surface area contributed by atoms with E-state index in [0.29, 0.717) is 22.8 Å². The van der Waals surface area contributed by atoms with Crippen molar-refractivity contribution in [2.75, 3.05) is 7.11 Å². The highest BCUT2D eigenvalue weighted by molar-refractivity contribution is 6.30. The van der Waals surface area contributed by atoms with Crippen LogP contribution in [0.3, 0.4) is 0 Å². The van der Waals surface area contributed by atoms with Crippen LogP contribution < -0.4 is 9.47 Å². The third-order valence-corrected chi connectivity index (χ3v) is 5.69. The van der Waals surface area contributed by atoms with Gasteiger partial charge in [0.25, 0.3) is 0 Å². The van der Waals surface area contributed by atoms with Gasteiger partial charge in [0.2, 0.25) is 6.23 Å². The fraction of sp³-hybridized carbons (Fsp3) is 0.174. The van der Waals surface area contributed by atoms with E-state index in [1.807, 2.05) is 35.3 Å². The summed E-state index contributed by atoms with van der Waals surface area (Å²) in [5.41, 5.74) is 3.12. The molecule has 0 amide bonds. The zero-order valence-electron chi connectivity index (χ0n) is 16.1. The minimum Gasteiger partial charge on any atom is -0.507 e. The topological polar surface area (TPSA) is 74.5 Å². The van der Waals surface area contributed by atoms with E-state index in [4.69, 9.17) is 26.2 Å². The van der Waals surface area contributed by atoms with Gasteiger partial charge in [0.15, 0.2) is 11.5 Å². The van der Waals surface area contributed by atoms with Crippen LogP contribution in [-0.4, -0.2) is 28.0 Å². The molecule has 2 aliphatic rings. The zero-order valence-corrected chi connectivity index (χ0v) is 16.9. The Bertz CT molecular complexity index is 1160. The van der Waals surface area contributed by atoms with Gasteiger partial charge in [0.1, 0.15) is 11.5 Å². The first-order chi connectivity index (χ1) is 14.5. The summed E-state index contributed by atoms with van der Waals surface area (Å²) in [5.74, 6) is 1.32. The summed E-state index contributed by atoms with van der Waals surface area (Å²) in [6.45, 7) is 0. The van der Waals surface area contributed by atoms with E-state index in [1.54, 1.807) is 30.3 Å². The normalized spacial score (nSPS) is 19.5. The van der Waals surface area contributed by atoms with E-state index < -0.39 is 6.23 Å². The first kappa shape index (κ1) is 18.6. The van der Waals surface area contributed by atoms with Crippen LogP contribution in [0.25, 0.3) is 0 Å². The van der Waals surface area contributed by atoms with Crippen LogP contribution in [0.5, 0.6) is 23.0 Å². The number of rotatable bonds is 3. The highest BCUT2D eigenvalue weighted by atomic mass is 35.5. The number of halogens is 1. The lowest BCUT2D eigenvalue weighted by Gasteiger charge is -2.38. The SMILES string of the molecule is COc1ccc([C@@H]2Oc3ccc(Cl)cc3[C@@H]3CC(c4ccccc4O)=NN32)cc1O. The lowest BCUT2D eigenvalue weighted by Crippen LogP contribution is -2.33. The number of aromatic hydroxyl groups is 2. The number of fused-ring (bicyclic) bond motifs is 3. The molecule has 0 fully saturated rings. The maximum Gasteiger partial charge on any atom is 0.214 e. The molecule has 2 atom stereocenters. The van der Waals surface area contributed by atoms with Crippen LogP contribution in [0.1, 0.15) is 35.4 Å². The molecule has 0 spiro atoms. The zero-order chi connectivity index (χ0) is 20.8. The minimum atomic E-state index is -0.552. The second-order valence-corrected chi connectivity index (χ2v) is 7.68. The van der Waals surface area contributed by atoms with Crippen molar-refractivity contribution in [3.8, 4) is 23.0 Å². The van der Waals surface area contributed by atoms with Gasteiger partial charge >= 0.3 is 0 Å². The van der Waals surface area contributed by atoms with Crippen molar-refractivity contribution in [3.05, 3.63) is 82.4 Å².